The van der Waals surface area contributed by atoms with Gasteiger partial charge in [0, 0.05) is 11.6 Å². The summed E-state index contributed by atoms with van der Waals surface area (Å²) in [6, 6.07) is 9.18. The maximum Gasteiger partial charge on any atom is 0.335 e. The lowest BCUT2D eigenvalue weighted by Gasteiger charge is -2.05. The summed E-state index contributed by atoms with van der Waals surface area (Å²) >= 11 is 0. The predicted octanol–water partition coefficient (Wildman–Crippen LogP) is 3.50. The molecule has 2 aromatic rings. The van der Waals surface area contributed by atoms with E-state index >= 15 is 0 Å². The van der Waals surface area contributed by atoms with Crippen LogP contribution in [0.1, 0.15) is 22.8 Å². The van der Waals surface area contributed by atoms with E-state index in [-0.39, 0.29) is 11.1 Å². The Hall–Kier alpha value is -2.76. The third-order valence-electron chi connectivity index (χ3n) is 2.81. The molecule has 0 bridgehead atoms. The van der Waals surface area contributed by atoms with Crippen LogP contribution in [0.15, 0.2) is 47.6 Å². The third kappa shape index (κ3) is 3.62. The Morgan fingerprint density at radius 2 is 1.81 bits per heavy atom. The number of benzene rings is 2. The van der Waals surface area contributed by atoms with Crippen LogP contribution in [-0.4, -0.2) is 16.8 Å². The van der Waals surface area contributed by atoms with Crippen molar-refractivity contribution in [2.75, 3.05) is 5.43 Å². The molecule has 0 saturated carbocycles. The summed E-state index contributed by atoms with van der Waals surface area (Å²) in [5.74, 6) is -2.37. The lowest BCUT2D eigenvalue weighted by atomic mass is 10.1. The highest BCUT2D eigenvalue weighted by molar-refractivity contribution is 5.99. The van der Waals surface area contributed by atoms with E-state index in [1.165, 1.54) is 18.2 Å². The van der Waals surface area contributed by atoms with E-state index in [0.717, 1.165) is 12.1 Å². The highest BCUT2D eigenvalue weighted by Gasteiger charge is 2.07. The van der Waals surface area contributed by atoms with Crippen molar-refractivity contribution in [2.24, 2.45) is 5.10 Å². The zero-order valence-electron chi connectivity index (χ0n) is 11.1. The Labute approximate surface area is 119 Å². The van der Waals surface area contributed by atoms with Gasteiger partial charge in [-0.05, 0) is 43.3 Å². The first-order valence-corrected chi connectivity index (χ1v) is 6.06. The Kier molecular flexibility index (Phi) is 4.27. The predicted molar refractivity (Wildman–Crippen MR) is 75.6 cm³/mol. The normalized spacial score (nSPS) is 11.3. The van der Waals surface area contributed by atoms with Crippen LogP contribution in [0.4, 0.5) is 14.5 Å². The van der Waals surface area contributed by atoms with Crippen LogP contribution >= 0.6 is 0 Å². The van der Waals surface area contributed by atoms with Crippen molar-refractivity contribution in [2.45, 2.75) is 6.92 Å². The average molecular weight is 290 g/mol. The molecule has 0 aliphatic carbocycles. The van der Waals surface area contributed by atoms with Gasteiger partial charge in [0.05, 0.1) is 17.0 Å². The Morgan fingerprint density at radius 3 is 2.38 bits per heavy atom. The number of anilines is 1. The fraction of sp³-hybridized carbons (Fsp3) is 0.0667. The van der Waals surface area contributed by atoms with E-state index < -0.39 is 17.6 Å². The van der Waals surface area contributed by atoms with Gasteiger partial charge in [0.25, 0.3) is 0 Å². The molecule has 0 radical (unpaired) electrons. The van der Waals surface area contributed by atoms with Gasteiger partial charge in [-0.25, -0.2) is 13.6 Å². The number of aromatic carboxylic acids is 1. The van der Waals surface area contributed by atoms with Crippen molar-refractivity contribution in [1.82, 2.24) is 0 Å². The Balaban J connectivity index is 2.14. The van der Waals surface area contributed by atoms with Crippen molar-refractivity contribution in [3.63, 3.8) is 0 Å². The molecular formula is C15H12F2N2O2. The highest BCUT2D eigenvalue weighted by atomic mass is 19.1. The SMILES string of the molecule is C/C(=N\Nc1ccc(C(=O)O)cc1)c1ccc(F)cc1F. The van der Waals surface area contributed by atoms with E-state index in [2.05, 4.69) is 10.5 Å². The minimum Gasteiger partial charge on any atom is -0.478 e. The molecule has 0 atom stereocenters. The molecule has 2 aromatic carbocycles. The first-order valence-electron chi connectivity index (χ1n) is 6.06. The molecule has 0 aromatic heterocycles. The summed E-state index contributed by atoms with van der Waals surface area (Å²) in [5.41, 5.74) is 3.93. The molecule has 0 saturated heterocycles. The molecule has 0 spiro atoms. The van der Waals surface area contributed by atoms with Gasteiger partial charge < -0.3 is 5.11 Å². The number of hydrazone groups is 1. The first-order chi connectivity index (χ1) is 9.97. The zero-order chi connectivity index (χ0) is 15.4. The number of hydrogen-bond acceptors (Lipinski definition) is 3. The summed E-state index contributed by atoms with van der Waals surface area (Å²) < 4.78 is 26.4. The van der Waals surface area contributed by atoms with Gasteiger partial charge in [0.2, 0.25) is 0 Å². The summed E-state index contributed by atoms with van der Waals surface area (Å²) in [7, 11) is 0. The molecule has 0 aliphatic rings. The fourth-order valence-electron chi connectivity index (χ4n) is 1.68. The number of halogens is 2. The van der Waals surface area contributed by atoms with Gasteiger partial charge in [-0.1, -0.05) is 0 Å². The minimum atomic E-state index is -1.02. The van der Waals surface area contributed by atoms with Crippen molar-refractivity contribution >= 4 is 17.4 Å². The van der Waals surface area contributed by atoms with Crippen LogP contribution in [0.25, 0.3) is 0 Å². The van der Waals surface area contributed by atoms with Gasteiger partial charge in [-0.2, -0.15) is 5.10 Å². The molecular weight excluding hydrogens is 278 g/mol. The third-order valence-corrected chi connectivity index (χ3v) is 2.81. The topological polar surface area (TPSA) is 61.7 Å². The molecule has 0 unspecified atom stereocenters. The number of nitrogens with zero attached hydrogens (tertiary/aromatic N) is 1. The first kappa shape index (κ1) is 14.6. The van der Waals surface area contributed by atoms with Crippen molar-refractivity contribution < 1.29 is 18.7 Å². The number of carbonyl (C=O) groups is 1. The number of rotatable bonds is 4. The van der Waals surface area contributed by atoms with Crippen LogP contribution in [0.2, 0.25) is 0 Å². The molecule has 0 amide bonds. The lowest BCUT2D eigenvalue weighted by molar-refractivity contribution is 0.0697. The molecule has 2 N–H and O–H groups in total. The van der Waals surface area contributed by atoms with Crippen LogP contribution < -0.4 is 5.43 Å². The van der Waals surface area contributed by atoms with E-state index in [4.69, 9.17) is 5.11 Å². The molecule has 6 heteroatoms. The molecule has 0 fully saturated rings. The van der Waals surface area contributed by atoms with E-state index in [0.29, 0.717) is 11.4 Å². The van der Waals surface area contributed by atoms with Gasteiger partial charge in [0.15, 0.2) is 0 Å². The van der Waals surface area contributed by atoms with Crippen molar-refractivity contribution in [3.8, 4) is 0 Å². The standard InChI is InChI=1S/C15H12F2N2O2/c1-9(13-7-4-11(16)8-14(13)17)18-19-12-5-2-10(3-6-12)15(20)21/h2-8,19H,1H3,(H,20,21)/b18-9+. The van der Waals surface area contributed by atoms with Crippen LogP contribution in [0.5, 0.6) is 0 Å². The molecule has 0 aliphatic heterocycles. The minimum absolute atomic E-state index is 0.158. The molecule has 0 heterocycles. The summed E-state index contributed by atoms with van der Waals surface area (Å²) in [5, 5.41) is 12.8. The van der Waals surface area contributed by atoms with Crippen LogP contribution in [-0.2, 0) is 0 Å². The Morgan fingerprint density at radius 1 is 1.14 bits per heavy atom. The summed E-state index contributed by atoms with van der Waals surface area (Å²) in [6.07, 6.45) is 0. The summed E-state index contributed by atoms with van der Waals surface area (Å²) in [4.78, 5) is 10.7. The largest absolute Gasteiger partial charge is 0.478 e. The van der Waals surface area contributed by atoms with E-state index in [1.54, 1.807) is 19.1 Å². The van der Waals surface area contributed by atoms with Crippen LogP contribution in [0, 0.1) is 11.6 Å². The molecule has 21 heavy (non-hydrogen) atoms. The second-order valence-electron chi connectivity index (χ2n) is 4.32. The highest BCUT2D eigenvalue weighted by Crippen LogP contribution is 2.13. The van der Waals surface area contributed by atoms with Gasteiger partial charge in [0.1, 0.15) is 11.6 Å². The number of carboxylic acids is 1. The quantitative estimate of drug-likeness (QED) is 0.669. The number of carboxylic acid groups (broad SMARTS) is 1. The average Bonchev–Trinajstić information content (AvgIpc) is 2.45. The van der Waals surface area contributed by atoms with Gasteiger partial charge in [-0.3, -0.25) is 5.43 Å². The van der Waals surface area contributed by atoms with E-state index in [1.807, 2.05) is 0 Å². The smallest absolute Gasteiger partial charge is 0.335 e. The maximum absolute atomic E-state index is 13.6. The Bertz CT molecular complexity index is 697. The fourth-order valence-corrected chi connectivity index (χ4v) is 1.68. The van der Waals surface area contributed by atoms with E-state index in [9.17, 15) is 13.6 Å². The second-order valence-corrected chi connectivity index (χ2v) is 4.32. The molecule has 108 valence electrons. The second kappa shape index (κ2) is 6.13. The monoisotopic (exact) mass is 290 g/mol. The number of hydrogen-bond donors (Lipinski definition) is 2. The van der Waals surface area contributed by atoms with Crippen molar-refractivity contribution in [1.29, 1.82) is 0 Å². The van der Waals surface area contributed by atoms with Gasteiger partial charge in [-0.15, -0.1) is 0 Å². The molecule has 2 rings (SSSR count). The maximum atomic E-state index is 13.6. The lowest BCUT2D eigenvalue weighted by Crippen LogP contribution is -2.03. The van der Waals surface area contributed by atoms with Crippen molar-refractivity contribution in [3.05, 3.63) is 65.2 Å². The van der Waals surface area contributed by atoms with Crippen LogP contribution in [0.3, 0.4) is 0 Å². The zero-order valence-corrected chi connectivity index (χ0v) is 11.1. The molecule has 4 nitrogen and oxygen atoms in total. The summed E-state index contributed by atoms with van der Waals surface area (Å²) in [6.45, 7) is 1.58. The number of nitrogens with one attached hydrogen (secondary N) is 1. The van der Waals surface area contributed by atoms with Gasteiger partial charge >= 0.3 is 5.97 Å².